The van der Waals surface area contributed by atoms with Gasteiger partial charge in [0, 0.05) is 7.11 Å². The van der Waals surface area contributed by atoms with Gasteiger partial charge < -0.3 is 24.6 Å². The third-order valence-electron chi connectivity index (χ3n) is 5.60. The van der Waals surface area contributed by atoms with E-state index in [1.54, 1.807) is 72.8 Å². The number of alkyl carbamates (subject to hydrolysis) is 1. The van der Waals surface area contributed by atoms with Crippen molar-refractivity contribution < 1.29 is 47.0 Å². The molecular formula is C29H34NO10P. The van der Waals surface area contributed by atoms with Crippen LogP contribution in [0.25, 0.3) is 0 Å². The lowest BCUT2D eigenvalue weighted by Gasteiger charge is -2.23. The summed E-state index contributed by atoms with van der Waals surface area (Å²) in [5.74, 6) is -0.856. The van der Waals surface area contributed by atoms with Crippen molar-refractivity contribution in [3.05, 3.63) is 108 Å². The van der Waals surface area contributed by atoms with Crippen LogP contribution in [0.15, 0.2) is 91.0 Å². The van der Waals surface area contributed by atoms with Crippen molar-refractivity contribution in [1.29, 1.82) is 0 Å². The molecule has 1 unspecified atom stereocenters. The van der Waals surface area contributed by atoms with Crippen molar-refractivity contribution in [2.75, 3.05) is 26.9 Å². The van der Waals surface area contributed by atoms with E-state index in [0.29, 0.717) is 5.56 Å². The summed E-state index contributed by atoms with van der Waals surface area (Å²) in [5.41, 5.74) is 2.15. The average Bonchev–Trinajstić information content (AvgIpc) is 3.02. The van der Waals surface area contributed by atoms with Crippen molar-refractivity contribution in [1.82, 2.24) is 5.32 Å². The maximum absolute atomic E-state index is 13.5. The molecule has 3 aromatic rings. The number of carbonyl (C=O) groups is 2. The maximum atomic E-state index is 13.5. The third-order valence-corrected chi connectivity index (χ3v) is 6.98. The van der Waals surface area contributed by atoms with E-state index in [-0.39, 0.29) is 26.4 Å². The highest BCUT2D eigenvalue weighted by atomic mass is 31.2. The summed E-state index contributed by atoms with van der Waals surface area (Å²) in [6, 6.07) is 25.4. The Morgan fingerprint density at radius 2 is 1.22 bits per heavy atom. The molecule has 1 amide bonds. The van der Waals surface area contributed by atoms with Gasteiger partial charge in [-0.15, -0.1) is 0 Å². The van der Waals surface area contributed by atoms with Crippen molar-refractivity contribution in [3.8, 4) is 0 Å². The Bertz CT molecular complexity index is 1230. The molecule has 0 spiro atoms. The topological polar surface area (TPSA) is 139 Å². The van der Waals surface area contributed by atoms with E-state index >= 15 is 0 Å². The van der Waals surface area contributed by atoms with E-state index in [1.807, 2.05) is 18.2 Å². The minimum Gasteiger partial charge on any atom is -0.459 e. The third kappa shape index (κ3) is 11.8. The number of amides is 1. The molecule has 41 heavy (non-hydrogen) atoms. The first kappa shape index (κ1) is 32.0. The van der Waals surface area contributed by atoms with Crippen molar-refractivity contribution in [2.24, 2.45) is 0 Å². The van der Waals surface area contributed by atoms with E-state index in [4.69, 9.17) is 27.8 Å². The first-order valence-electron chi connectivity index (χ1n) is 12.8. The first-order chi connectivity index (χ1) is 19.9. The van der Waals surface area contributed by atoms with Crippen LogP contribution in [0.4, 0.5) is 4.79 Å². The second-order valence-electron chi connectivity index (χ2n) is 8.69. The first-order valence-corrected chi connectivity index (χ1v) is 14.3. The SMILES string of the molecule is CO[C@@H](CO)COP(=O)(OCc1ccccc1)OC[C@H](NC(=O)OCc1ccccc1)C(=O)OCc1ccccc1. The summed E-state index contributed by atoms with van der Waals surface area (Å²) in [6.07, 6.45) is -1.72. The fraction of sp³-hybridized carbons (Fsp3) is 0.310. The van der Waals surface area contributed by atoms with Gasteiger partial charge in [-0.3, -0.25) is 13.6 Å². The smallest absolute Gasteiger partial charge is 0.459 e. The highest BCUT2D eigenvalue weighted by Gasteiger charge is 2.33. The molecule has 3 atom stereocenters. The van der Waals surface area contributed by atoms with E-state index < -0.39 is 45.2 Å². The van der Waals surface area contributed by atoms with Gasteiger partial charge in [-0.2, -0.15) is 0 Å². The van der Waals surface area contributed by atoms with Crippen molar-refractivity contribution >= 4 is 19.9 Å². The Kier molecular flexibility index (Phi) is 13.5. The molecule has 3 aromatic carbocycles. The van der Waals surface area contributed by atoms with Gasteiger partial charge >= 0.3 is 19.9 Å². The number of nitrogens with one attached hydrogen (secondary N) is 1. The van der Waals surface area contributed by atoms with Gasteiger partial charge in [0.1, 0.15) is 19.3 Å². The zero-order chi connectivity index (χ0) is 29.3. The normalized spacial score (nSPS) is 13.9. The summed E-state index contributed by atoms with van der Waals surface area (Å²) >= 11 is 0. The van der Waals surface area contributed by atoms with Crippen LogP contribution in [0.5, 0.6) is 0 Å². The molecule has 3 rings (SSSR count). The molecule has 0 aromatic heterocycles. The number of methoxy groups -OCH3 is 1. The number of benzene rings is 3. The highest BCUT2D eigenvalue weighted by Crippen LogP contribution is 2.50. The molecule has 0 aliphatic carbocycles. The Balaban J connectivity index is 1.69. The number of rotatable bonds is 17. The second-order valence-corrected chi connectivity index (χ2v) is 10.4. The van der Waals surface area contributed by atoms with Gasteiger partial charge in [0.05, 0.1) is 26.4 Å². The standard InChI is InChI=1S/C29H34NO10P/c1-35-26(17-31)21-39-41(34,38-20-25-15-9-4-10-16-25)40-22-27(28(32)36-18-23-11-5-2-6-12-23)30-29(33)37-19-24-13-7-3-8-14-24/h2-16,26-27,31H,17-22H2,1H3,(H,30,33)/t26-,27-,41?/m0/s1. The molecule has 0 fully saturated rings. The number of phosphoric acid groups is 1. The summed E-state index contributed by atoms with van der Waals surface area (Å²) in [4.78, 5) is 25.5. The molecule has 220 valence electrons. The molecule has 0 heterocycles. The molecule has 0 aliphatic rings. The van der Waals surface area contributed by atoms with E-state index in [0.717, 1.165) is 11.1 Å². The van der Waals surface area contributed by atoms with Gasteiger partial charge in [0.15, 0.2) is 6.04 Å². The van der Waals surface area contributed by atoms with Gasteiger partial charge in [0.2, 0.25) is 0 Å². The minimum atomic E-state index is -4.33. The second kappa shape index (κ2) is 17.3. The lowest BCUT2D eigenvalue weighted by atomic mass is 10.2. The zero-order valence-electron chi connectivity index (χ0n) is 22.6. The molecule has 0 radical (unpaired) electrons. The average molecular weight is 588 g/mol. The number of hydrogen-bond acceptors (Lipinski definition) is 10. The zero-order valence-corrected chi connectivity index (χ0v) is 23.5. The Morgan fingerprint density at radius 3 is 1.73 bits per heavy atom. The van der Waals surface area contributed by atoms with Crippen LogP contribution in [0, 0.1) is 0 Å². The molecular weight excluding hydrogens is 553 g/mol. The van der Waals surface area contributed by atoms with Gasteiger partial charge in [0.25, 0.3) is 0 Å². The lowest BCUT2D eigenvalue weighted by molar-refractivity contribution is -0.148. The van der Waals surface area contributed by atoms with Crippen LogP contribution in [0.1, 0.15) is 16.7 Å². The summed E-state index contributed by atoms with van der Waals surface area (Å²) in [5, 5.41) is 11.8. The molecule has 2 N–H and O–H groups in total. The van der Waals surface area contributed by atoms with Crippen LogP contribution < -0.4 is 5.32 Å². The molecule has 12 heteroatoms. The number of aliphatic hydroxyl groups excluding tert-OH is 1. The number of hydrogen-bond donors (Lipinski definition) is 2. The number of ether oxygens (including phenoxy) is 3. The number of aliphatic hydroxyl groups is 1. The van der Waals surface area contributed by atoms with Crippen molar-refractivity contribution in [2.45, 2.75) is 32.0 Å². The van der Waals surface area contributed by atoms with Crippen LogP contribution in [-0.4, -0.2) is 56.2 Å². The fourth-order valence-electron chi connectivity index (χ4n) is 3.28. The van der Waals surface area contributed by atoms with Crippen LogP contribution >= 0.6 is 7.82 Å². The number of phosphoric ester groups is 1. The van der Waals surface area contributed by atoms with Gasteiger partial charge in [-0.1, -0.05) is 91.0 Å². The molecule has 0 aliphatic heterocycles. The van der Waals surface area contributed by atoms with Gasteiger partial charge in [-0.25, -0.2) is 14.2 Å². The molecule has 0 saturated heterocycles. The Morgan fingerprint density at radius 1 is 0.732 bits per heavy atom. The van der Waals surface area contributed by atoms with E-state index in [1.165, 1.54) is 7.11 Å². The summed E-state index contributed by atoms with van der Waals surface area (Å²) < 4.78 is 45.6. The number of carbonyl (C=O) groups excluding carboxylic acids is 2. The predicted molar refractivity (Wildman–Crippen MR) is 148 cm³/mol. The summed E-state index contributed by atoms with van der Waals surface area (Å²) in [6.45, 7) is -1.60. The highest BCUT2D eigenvalue weighted by molar-refractivity contribution is 7.48. The minimum absolute atomic E-state index is 0.0410. The van der Waals surface area contributed by atoms with Gasteiger partial charge in [-0.05, 0) is 16.7 Å². The monoisotopic (exact) mass is 587 g/mol. The Hall–Kier alpha value is -3.57. The molecule has 0 bridgehead atoms. The van der Waals surface area contributed by atoms with Crippen LogP contribution in [-0.2, 0) is 57.0 Å². The lowest BCUT2D eigenvalue weighted by Crippen LogP contribution is -2.45. The van der Waals surface area contributed by atoms with E-state index in [9.17, 15) is 19.3 Å². The predicted octanol–water partition coefficient (Wildman–Crippen LogP) is 4.39. The maximum Gasteiger partial charge on any atom is 0.475 e. The number of esters is 1. The van der Waals surface area contributed by atoms with Crippen molar-refractivity contribution in [3.63, 3.8) is 0 Å². The van der Waals surface area contributed by atoms with E-state index in [2.05, 4.69) is 5.32 Å². The Labute approximate surface area is 238 Å². The van der Waals surface area contributed by atoms with Crippen LogP contribution in [0.3, 0.4) is 0 Å². The molecule has 0 saturated carbocycles. The largest absolute Gasteiger partial charge is 0.475 e. The fourth-order valence-corrected chi connectivity index (χ4v) is 4.49. The molecule has 11 nitrogen and oxygen atoms in total. The summed E-state index contributed by atoms with van der Waals surface area (Å²) in [7, 11) is -2.98. The van der Waals surface area contributed by atoms with Crippen LogP contribution in [0.2, 0.25) is 0 Å². The quantitative estimate of drug-likeness (QED) is 0.173.